The number of aryl methyl sites for hydroxylation is 2. The molecule has 1 fully saturated rings. The first-order valence-electron chi connectivity index (χ1n) is 12.3. The van der Waals surface area contributed by atoms with Crippen LogP contribution >= 0.6 is 0 Å². The number of hydrogen-bond donors (Lipinski definition) is 1. The van der Waals surface area contributed by atoms with Crippen LogP contribution in [0.15, 0.2) is 60.8 Å². The summed E-state index contributed by atoms with van der Waals surface area (Å²) >= 11 is 0. The van der Waals surface area contributed by atoms with Crippen LogP contribution in [0.1, 0.15) is 46.8 Å². The van der Waals surface area contributed by atoms with Gasteiger partial charge in [-0.25, -0.2) is 4.98 Å². The molecule has 0 spiro atoms. The van der Waals surface area contributed by atoms with Gasteiger partial charge < -0.3 is 15.0 Å². The molecule has 0 atom stereocenters. The van der Waals surface area contributed by atoms with Gasteiger partial charge in [-0.05, 0) is 86.7 Å². The molecule has 6 heteroatoms. The van der Waals surface area contributed by atoms with E-state index in [0.29, 0.717) is 18.6 Å². The van der Waals surface area contributed by atoms with Crippen LogP contribution in [0.4, 0.5) is 11.5 Å². The fourth-order valence-corrected chi connectivity index (χ4v) is 4.58. The largest absolute Gasteiger partial charge is 0.494 e. The molecule has 0 unspecified atom stereocenters. The Kier molecular flexibility index (Phi) is 7.80. The molecule has 4 rings (SSSR count). The van der Waals surface area contributed by atoms with Gasteiger partial charge in [0, 0.05) is 42.9 Å². The molecule has 1 aliphatic rings. The lowest BCUT2D eigenvalue weighted by Gasteiger charge is -2.32. The van der Waals surface area contributed by atoms with E-state index in [4.69, 9.17) is 4.74 Å². The summed E-state index contributed by atoms with van der Waals surface area (Å²) in [5.41, 5.74) is 4.73. The van der Waals surface area contributed by atoms with Crippen molar-refractivity contribution in [1.82, 2.24) is 4.98 Å². The van der Waals surface area contributed by atoms with E-state index in [1.54, 1.807) is 12.3 Å². The minimum absolute atomic E-state index is 0.0310. The van der Waals surface area contributed by atoms with Crippen molar-refractivity contribution in [3.8, 4) is 5.75 Å². The molecule has 0 saturated carbocycles. The summed E-state index contributed by atoms with van der Waals surface area (Å²) in [6.07, 6.45) is 3.53. The molecule has 1 N–H and O–H groups in total. The number of amides is 1. The monoisotopic (exact) mass is 471 g/mol. The smallest absolute Gasteiger partial charge is 0.227 e. The number of hydrogen-bond acceptors (Lipinski definition) is 5. The normalized spacial score (nSPS) is 14.0. The summed E-state index contributed by atoms with van der Waals surface area (Å²) in [5, 5.41) is 3.08. The molecule has 1 aromatic heterocycles. The Hall–Kier alpha value is -3.67. The van der Waals surface area contributed by atoms with Crippen molar-refractivity contribution in [2.75, 3.05) is 29.9 Å². The highest BCUT2D eigenvalue weighted by molar-refractivity contribution is 5.98. The fraction of sp³-hybridized carbons (Fsp3) is 0.345. The highest BCUT2D eigenvalue weighted by atomic mass is 16.5. The number of ether oxygens (including phenoxy) is 1. The number of piperidine rings is 1. The Labute approximate surface area is 207 Å². The minimum Gasteiger partial charge on any atom is -0.494 e. The van der Waals surface area contributed by atoms with Crippen LogP contribution in [0.25, 0.3) is 0 Å². The van der Waals surface area contributed by atoms with Gasteiger partial charge in [-0.15, -0.1) is 0 Å². The molecule has 35 heavy (non-hydrogen) atoms. The second-order valence-electron chi connectivity index (χ2n) is 9.21. The standard InChI is InChI=1S/C29H33N3O3/c1-4-35-26-7-5-22(6-8-26)18-27(33)24-9-12-30-28(19-24)32-13-10-23(11-14-32)29(34)31-25-16-20(2)15-21(3)17-25/h5-9,12,15-17,19,23H,4,10-11,13-14,18H2,1-3H3,(H,31,34). The second-order valence-corrected chi connectivity index (χ2v) is 9.21. The predicted octanol–water partition coefficient (Wildman–Crippen LogP) is 5.38. The number of pyridine rings is 1. The Balaban J connectivity index is 1.33. The number of rotatable bonds is 8. The molecule has 1 amide bonds. The molecular formula is C29H33N3O3. The molecule has 0 bridgehead atoms. The van der Waals surface area contributed by atoms with E-state index >= 15 is 0 Å². The van der Waals surface area contributed by atoms with Gasteiger partial charge in [0.15, 0.2) is 5.78 Å². The van der Waals surface area contributed by atoms with Gasteiger partial charge >= 0.3 is 0 Å². The van der Waals surface area contributed by atoms with Crippen LogP contribution in [0.2, 0.25) is 0 Å². The van der Waals surface area contributed by atoms with Gasteiger partial charge in [-0.1, -0.05) is 18.2 Å². The lowest BCUT2D eigenvalue weighted by molar-refractivity contribution is -0.120. The third-order valence-electron chi connectivity index (χ3n) is 6.35. The lowest BCUT2D eigenvalue weighted by Crippen LogP contribution is -2.38. The van der Waals surface area contributed by atoms with Crippen molar-refractivity contribution in [1.29, 1.82) is 0 Å². The van der Waals surface area contributed by atoms with Gasteiger partial charge in [-0.2, -0.15) is 0 Å². The zero-order valence-corrected chi connectivity index (χ0v) is 20.7. The van der Waals surface area contributed by atoms with Crippen molar-refractivity contribution < 1.29 is 14.3 Å². The number of Topliss-reactive ketones (excluding diaryl/α,β-unsaturated/α-hetero) is 1. The van der Waals surface area contributed by atoms with Crippen LogP contribution in [-0.4, -0.2) is 36.4 Å². The Morgan fingerprint density at radius 3 is 2.34 bits per heavy atom. The predicted molar refractivity (Wildman–Crippen MR) is 139 cm³/mol. The van der Waals surface area contributed by atoms with E-state index < -0.39 is 0 Å². The average molecular weight is 472 g/mol. The van der Waals surface area contributed by atoms with Crippen LogP contribution in [0.3, 0.4) is 0 Å². The molecule has 0 radical (unpaired) electrons. The summed E-state index contributed by atoms with van der Waals surface area (Å²) in [4.78, 5) is 32.4. The van der Waals surface area contributed by atoms with Crippen LogP contribution in [0.5, 0.6) is 5.75 Å². The van der Waals surface area contributed by atoms with Crippen molar-refractivity contribution in [3.63, 3.8) is 0 Å². The topological polar surface area (TPSA) is 71.5 Å². The molecule has 1 aliphatic heterocycles. The van der Waals surface area contributed by atoms with Crippen molar-refractivity contribution in [2.24, 2.45) is 5.92 Å². The van der Waals surface area contributed by atoms with E-state index in [2.05, 4.69) is 21.3 Å². The number of aromatic nitrogens is 1. The second kappa shape index (κ2) is 11.2. The third-order valence-corrected chi connectivity index (χ3v) is 6.35. The maximum Gasteiger partial charge on any atom is 0.227 e. The van der Waals surface area contributed by atoms with E-state index in [9.17, 15) is 9.59 Å². The number of carbonyl (C=O) groups excluding carboxylic acids is 2. The van der Waals surface area contributed by atoms with Crippen LogP contribution in [0, 0.1) is 19.8 Å². The fourth-order valence-electron chi connectivity index (χ4n) is 4.58. The average Bonchev–Trinajstić information content (AvgIpc) is 2.85. The lowest BCUT2D eigenvalue weighted by atomic mass is 9.95. The SMILES string of the molecule is CCOc1ccc(CC(=O)c2ccnc(N3CCC(C(=O)Nc4cc(C)cc(C)c4)CC3)c2)cc1. The quantitative estimate of drug-likeness (QED) is 0.447. The minimum atomic E-state index is -0.0310. The first kappa shape index (κ1) is 24.5. The Morgan fingerprint density at radius 2 is 1.69 bits per heavy atom. The number of anilines is 2. The maximum absolute atomic E-state index is 12.9. The van der Waals surface area contributed by atoms with E-state index in [-0.39, 0.29) is 17.6 Å². The first-order valence-corrected chi connectivity index (χ1v) is 12.3. The molecule has 2 aromatic carbocycles. The molecule has 182 valence electrons. The van der Waals surface area contributed by atoms with Gasteiger partial charge in [-0.3, -0.25) is 9.59 Å². The maximum atomic E-state index is 12.9. The van der Waals surface area contributed by atoms with Crippen molar-refractivity contribution >= 4 is 23.2 Å². The van der Waals surface area contributed by atoms with Crippen molar-refractivity contribution in [3.05, 3.63) is 83.0 Å². The third kappa shape index (κ3) is 6.47. The molecule has 2 heterocycles. The number of nitrogens with one attached hydrogen (secondary N) is 1. The highest BCUT2D eigenvalue weighted by Gasteiger charge is 2.26. The molecule has 3 aromatic rings. The molecule has 0 aliphatic carbocycles. The number of ketones is 1. The van der Waals surface area contributed by atoms with Crippen LogP contribution < -0.4 is 15.0 Å². The van der Waals surface area contributed by atoms with Gasteiger partial charge in [0.2, 0.25) is 5.91 Å². The van der Waals surface area contributed by atoms with Crippen molar-refractivity contribution in [2.45, 2.75) is 40.0 Å². The summed E-state index contributed by atoms with van der Waals surface area (Å²) in [5.74, 6) is 1.69. The number of nitrogens with zero attached hydrogens (tertiary/aromatic N) is 2. The van der Waals surface area contributed by atoms with E-state index in [0.717, 1.165) is 59.9 Å². The van der Waals surface area contributed by atoms with Gasteiger partial charge in [0.1, 0.15) is 11.6 Å². The highest BCUT2D eigenvalue weighted by Crippen LogP contribution is 2.25. The van der Waals surface area contributed by atoms with Crippen LogP contribution in [-0.2, 0) is 11.2 Å². The zero-order valence-electron chi connectivity index (χ0n) is 20.7. The summed E-state index contributed by atoms with van der Waals surface area (Å²) in [7, 11) is 0. The van der Waals surface area contributed by atoms with E-state index in [1.807, 2.05) is 63.2 Å². The molecule has 1 saturated heterocycles. The Morgan fingerprint density at radius 1 is 1.00 bits per heavy atom. The Bertz CT molecular complexity index is 1160. The summed E-state index contributed by atoms with van der Waals surface area (Å²) in [6.45, 7) is 8.09. The molecular weight excluding hydrogens is 438 g/mol. The summed E-state index contributed by atoms with van der Waals surface area (Å²) < 4.78 is 5.47. The number of carbonyl (C=O) groups is 2. The van der Waals surface area contributed by atoms with Gasteiger partial charge in [0.05, 0.1) is 6.61 Å². The van der Waals surface area contributed by atoms with Gasteiger partial charge in [0.25, 0.3) is 0 Å². The molecule has 6 nitrogen and oxygen atoms in total. The first-order chi connectivity index (χ1) is 16.9. The zero-order chi connectivity index (χ0) is 24.8. The number of benzene rings is 2. The van der Waals surface area contributed by atoms with E-state index in [1.165, 1.54) is 0 Å². The summed E-state index contributed by atoms with van der Waals surface area (Å²) in [6, 6.07) is 17.4.